The van der Waals surface area contributed by atoms with Crippen LogP contribution in [0.3, 0.4) is 0 Å². The van der Waals surface area contributed by atoms with Crippen molar-refractivity contribution < 1.29 is 28.8 Å². The van der Waals surface area contributed by atoms with Gasteiger partial charge in [0.1, 0.15) is 12.1 Å². The van der Waals surface area contributed by atoms with E-state index in [4.69, 9.17) is 0 Å². The molecule has 0 aromatic heterocycles. The standard InChI is InChI=1S/C36H57N5O6/c1-7-18-37-33(45)30(43)26(20-22-13-14-22)38-32(44)28-25(21(2)3)17-19-41(28)34(46)31(36(4,5)6)40-35(47)39-27(29(42)24-15-16-24)23-11-9-8-10-12-23/h7,21-28,31H,1,8-20H2,2-6H3,(H,37,45)(H,38,44)(H2,39,40,47)/t25-,26?,27+,28+,31-/m1/s1. The number of ketones is 2. The van der Waals surface area contributed by atoms with Crippen LogP contribution < -0.4 is 21.3 Å². The van der Waals surface area contributed by atoms with E-state index in [1.165, 1.54) is 6.08 Å². The van der Waals surface area contributed by atoms with E-state index in [2.05, 4.69) is 27.8 Å². The molecule has 3 aliphatic carbocycles. The van der Waals surface area contributed by atoms with Crippen molar-refractivity contribution in [2.75, 3.05) is 13.1 Å². The molecule has 0 aromatic carbocycles. The second-order valence-corrected chi connectivity index (χ2v) is 15.7. The number of likely N-dealkylation sites (tertiary alicyclic amines) is 1. The fourth-order valence-electron chi connectivity index (χ4n) is 7.32. The van der Waals surface area contributed by atoms with Crippen LogP contribution in [-0.2, 0) is 24.0 Å². The Balaban J connectivity index is 1.51. The van der Waals surface area contributed by atoms with Gasteiger partial charge >= 0.3 is 6.03 Å². The molecule has 262 valence electrons. The monoisotopic (exact) mass is 655 g/mol. The Hall–Kier alpha value is -3.24. The predicted octanol–water partition coefficient (Wildman–Crippen LogP) is 3.66. The summed E-state index contributed by atoms with van der Waals surface area (Å²) in [6, 6.07) is -3.95. The van der Waals surface area contributed by atoms with E-state index in [9.17, 15) is 28.8 Å². The van der Waals surface area contributed by atoms with E-state index in [1.54, 1.807) is 4.90 Å². The largest absolute Gasteiger partial charge is 0.346 e. The maximum atomic E-state index is 14.4. The maximum Gasteiger partial charge on any atom is 0.316 e. The van der Waals surface area contributed by atoms with Crippen molar-refractivity contribution >= 4 is 35.3 Å². The highest BCUT2D eigenvalue weighted by molar-refractivity contribution is 6.38. The highest BCUT2D eigenvalue weighted by atomic mass is 16.2. The molecule has 11 heteroatoms. The first-order valence-corrected chi connectivity index (χ1v) is 17.9. The van der Waals surface area contributed by atoms with E-state index >= 15 is 0 Å². The number of carbonyl (C=O) groups excluding carboxylic acids is 6. The summed E-state index contributed by atoms with van der Waals surface area (Å²) in [5.74, 6) is -1.99. The summed E-state index contributed by atoms with van der Waals surface area (Å²) in [6.45, 7) is 13.6. The minimum Gasteiger partial charge on any atom is -0.346 e. The molecule has 1 aliphatic heterocycles. The number of hydrogen-bond donors (Lipinski definition) is 4. The van der Waals surface area contributed by atoms with Gasteiger partial charge in [0.15, 0.2) is 5.78 Å². The number of nitrogens with zero attached hydrogens (tertiary/aromatic N) is 1. The van der Waals surface area contributed by atoms with Crippen LogP contribution in [0.25, 0.3) is 0 Å². The van der Waals surface area contributed by atoms with Gasteiger partial charge < -0.3 is 26.2 Å². The zero-order valence-corrected chi connectivity index (χ0v) is 29.1. The molecule has 0 spiro atoms. The molecule has 1 unspecified atom stereocenters. The summed E-state index contributed by atoms with van der Waals surface area (Å²) in [7, 11) is 0. The van der Waals surface area contributed by atoms with Crippen molar-refractivity contribution in [3.63, 3.8) is 0 Å². The molecule has 0 bridgehead atoms. The molecule has 11 nitrogen and oxygen atoms in total. The second kappa shape index (κ2) is 15.8. The molecule has 3 saturated carbocycles. The van der Waals surface area contributed by atoms with Gasteiger partial charge in [-0.3, -0.25) is 24.0 Å². The van der Waals surface area contributed by atoms with Crippen molar-refractivity contribution in [1.29, 1.82) is 0 Å². The third kappa shape index (κ3) is 9.66. The van der Waals surface area contributed by atoms with Crippen molar-refractivity contribution in [1.82, 2.24) is 26.2 Å². The zero-order valence-electron chi connectivity index (χ0n) is 29.1. The average molecular weight is 656 g/mol. The third-order valence-corrected chi connectivity index (χ3v) is 10.5. The lowest BCUT2D eigenvalue weighted by molar-refractivity contribution is -0.144. The Morgan fingerprint density at radius 2 is 1.53 bits per heavy atom. The highest BCUT2D eigenvalue weighted by Gasteiger charge is 2.48. The van der Waals surface area contributed by atoms with E-state index < -0.39 is 53.2 Å². The first kappa shape index (κ1) is 36.6. The number of urea groups is 1. The Bertz CT molecular complexity index is 1200. The average Bonchev–Trinajstić information content (AvgIpc) is 3.97. The van der Waals surface area contributed by atoms with Crippen molar-refractivity contribution in [2.24, 2.45) is 35.0 Å². The van der Waals surface area contributed by atoms with Gasteiger partial charge in [0.25, 0.3) is 5.91 Å². The third-order valence-electron chi connectivity index (χ3n) is 10.5. The Morgan fingerprint density at radius 3 is 2.09 bits per heavy atom. The van der Waals surface area contributed by atoms with E-state index in [1.807, 2.05) is 34.6 Å². The first-order chi connectivity index (χ1) is 22.2. The number of Topliss-reactive ketones (excluding diaryl/α,β-unsaturated/α-hetero) is 2. The fourth-order valence-corrected chi connectivity index (χ4v) is 7.32. The summed E-state index contributed by atoms with van der Waals surface area (Å²) < 4.78 is 0. The van der Waals surface area contributed by atoms with Crippen LogP contribution in [-0.4, -0.2) is 77.5 Å². The van der Waals surface area contributed by atoms with Crippen molar-refractivity contribution in [3.8, 4) is 0 Å². The van der Waals surface area contributed by atoms with Crippen molar-refractivity contribution in [3.05, 3.63) is 12.7 Å². The minimum absolute atomic E-state index is 0.00259. The molecule has 1 heterocycles. The molecule has 1 saturated heterocycles. The van der Waals surface area contributed by atoms with Gasteiger partial charge in [0, 0.05) is 19.0 Å². The molecular formula is C36H57N5O6. The van der Waals surface area contributed by atoms with E-state index in [-0.39, 0.29) is 47.8 Å². The summed E-state index contributed by atoms with van der Waals surface area (Å²) in [4.78, 5) is 82.5. The molecule has 4 aliphatic rings. The summed E-state index contributed by atoms with van der Waals surface area (Å²) in [5, 5.41) is 11.3. The van der Waals surface area contributed by atoms with Crippen LogP contribution in [0.1, 0.15) is 105 Å². The Kier molecular flexibility index (Phi) is 12.3. The summed E-state index contributed by atoms with van der Waals surface area (Å²) in [6.07, 6.45) is 11.0. The molecule has 47 heavy (non-hydrogen) atoms. The predicted molar refractivity (Wildman–Crippen MR) is 179 cm³/mol. The lowest BCUT2D eigenvalue weighted by atomic mass is 9.81. The van der Waals surface area contributed by atoms with E-state index in [0.717, 1.165) is 57.8 Å². The molecule has 4 fully saturated rings. The van der Waals surface area contributed by atoms with Gasteiger partial charge in [-0.25, -0.2) is 4.79 Å². The number of amides is 5. The van der Waals surface area contributed by atoms with Crippen LogP contribution in [0, 0.1) is 35.0 Å². The lowest BCUT2D eigenvalue weighted by Gasteiger charge is -2.37. The zero-order chi connectivity index (χ0) is 34.5. The van der Waals surface area contributed by atoms with Gasteiger partial charge in [-0.15, -0.1) is 6.58 Å². The molecule has 5 atom stereocenters. The minimum atomic E-state index is -0.992. The number of rotatable bonds is 15. The summed E-state index contributed by atoms with van der Waals surface area (Å²) >= 11 is 0. The molecular weight excluding hydrogens is 598 g/mol. The number of hydrogen-bond acceptors (Lipinski definition) is 6. The van der Waals surface area contributed by atoms with Gasteiger partial charge in [-0.05, 0) is 67.6 Å². The normalized spacial score (nSPS) is 23.7. The topological polar surface area (TPSA) is 154 Å². The SMILES string of the molecule is C=CCNC(=O)C(=O)C(CC1CC1)NC(=O)[C@@H]1[C@@H](C(C)C)CCN1C(=O)[C@@H](NC(=O)N[C@H](C(=O)C1CC1)C1CCCCC1)C(C)(C)C. The van der Waals surface area contributed by atoms with Gasteiger partial charge in [0.2, 0.25) is 17.6 Å². The quantitative estimate of drug-likeness (QED) is 0.156. The fraction of sp³-hybridized carbons (Fsp3) is 0.778. The number of carbonyl (C=O) groups is 6. The molecule has 4 rings (SSSR count). The second-order valence-electron chi connectivity index (χ2n) is 15.7. The van der Waals surface area contributed by atoms with Gasteiger partial charge in [0.05, 0.1) is 12.1 Å². The molecule has 0 radical (unpaired) electrons. The molecule has 0 aromatic rings. The Labute approximate surface area is 280 Å². The Morgan fingerprint density at radius 1 is 0.872 bits per heavy atom. The molecule has 5 amide bonds. The first-order valence-electron chi connectivity index (χ1n) is 17.9. The van der Waals surface area contributed by atoms with Crippen LogP contribution in [0.15, 0.2) is 12.7 Å². The van der Waals surface area contributed by atoms with Gasteiger partial charge in [-0.2, -0.15) is 0 Å². The number of nitrogens with one attached hydrogen (secondary N) is 4. The van der Waals surface area contributed by atoms with Crippen LogP contribution in [0.4, 0.5) is 4.79 Å². The maximum absolute atomic E-state index is 14.4. The van der Waals surface area contributed by atoms with Crippen LogP contribution in [0.5, 0.6) is 0 Å². The highest BCUT2D eigenvalue weighted by Crippen LogP contribution is 2.37. The lowest BCUT2D eigenvalue weighted by Crippen LogP contribution is -2.62. The van der Waals surface area contributed by atoms with Gasteiger partial charge in [-0.1, -0.05) is 72.8 Å². The van der Waals surface area contributed by atoms with E-state index in [0.29, 0.717) is 19.4 Å². The smallest absolute Gasteiger partial charge is 0.316 e. The summed E-state index contributed by atoms with van der Waals surface area (Å²) in [5.41, 5.74) is -0.708. The van der Waals surface area contributed by atoms with Crippen LogP contribution in [0.2, 0.25) is 0 Å². The van der Waals surface area contributed by atoms with Crippen molar-refractivity contribution in [2.45, 2.75) is 129 Å². The van der Waals surface area contributed by atoms with Crippen LogP contribution >= 0.6 is 0 Å². The molecule has 4 N–H and O–H groups in total.